The first kappa shape index (κ1) is 18.7. The van der Waals surface area contributed by atoms with E-state index in [1.165, 1.54) is 6.42 Å². The Balaban J connectivity index is 1.66. The smallest absolute Gasteiger partial charge is 0.359 e. The lowest BCUT2D eigenvalue weighted by Gasteiger charge is -2.32. The molecule has 148 valence electrons. The molecule has 1 fully saturated rings. The highest BCUT2D eigenvalue weighted by Gasteiger charge is 2.33. The fraction of sp³-hybridized carbons (Fsp3) is 0.500. The van der Waals surface area contributed by atoms with E-state index in [0.717, 1.165) is 42.6 Å². The van der Waals surface area contributed by atoms with Crippen molar-refractivity contribution < 1.29 is 14.3 Å². The maximum Gasteiger partial charge on any atom is 0.359 e. The molecule has 1 saturated carbocycles. The van der Waals surface area contributed by atoms with E-state index in [0.29, 0.717) is 31.8 Å². The molecule has 1 aliphatic carbocycles. The number of carbonyl (C=O) groups excluding carboxylic acids is 2. The molecule has 0 saturated heterocycles. The minimum absolute atomic E-state index is 0.130. The van der Waals surface area contributed by atoms with E-state index < -0.39 is 5.97 Å². The van der Waals surface area contributed by atoms with Gasteiger partial charge >= 0.3 is 5.97 Å². The maximum atomic E-state index is 13.0. The van der Waals surface area contributed by atoms with Crippen molar-refractivity contribution in [3.63, 3.8) is 0 Å². The number of fused-ring (bicyclic) bond motifs is 1. The van der Waals surface area contributed by atoms with Crippen LogP contribution in [0.3, 0.4) is 0 Å². The average Bonchev–Trinajstić information content (AvgIpc) is 3.13. The average molecular weight is 381 g/mol. The Morgan fingerprint density at radius 2 is 1.89 bits per heavy atom. The van der Waals surface area contributed by atoms with Crippen LogP contribution in [0.5, 0.6) is 0 Å². The van der Waals surface area contributed by atoms with Gasteiger partial charge in [-0.15, -0.1) is 0 Å². The highest BCUT2D eigenvalue weighted by molar-refractivity contribution is 5.90. The Labute approximate surface area is 165 Å². The number of nitrogens with zero attached hydrogens (tertiary/aromatic N) is 3. The number of ether oxygens (including phenoxy) is 1. The molecule has 1 amide bonds. The van der Waals surface area contributed by atoms with E-state index in [1.807, 2.05) is 39.9 Å². The zero-order valence-electron chi connectivity index (χ0n) is 16.4. The van der Waals surface area contributed by atoms with Crippen LogP contribution in [0.15, 0.2) is 30.3 Å². The third-order valence-electron chi connectivity index (χ3n) is 5.79. The zero-order chi connectivity index (χ0) is 19.5. The lowest BCUT2D eigenvalue weighted by Crippen LogP contribution is -2.40. The van der Waals surface area contributed by atoms with Crippen LogP contribution >= 0.6 is 0 Å². The maximum absolute atomic E-state index is 13.0. The summed E-state index contributed by atoms with van der Waals surface area (Å²) in [6, 6.07) is 9.81. The first-order valence-corrected chi connectivity index (χ1v) is 10.3. The predicted molar refractivity (Wildman–Crippen MR) is 105 cm³/mol. The van der Waals surface area contributed by atoms with Crippen molar-refractivity contribution in [1.82, 2.24) is 14.7 Å². The Bertz CT molecular complexity index is 853. The third-order valence-corrected chi connectivity index (χ3v) is 5.79. The number of amides is 1. The number of esters is 1. The SMILES string of the molecule is CCOC(=O)c1nn(-c2ccccc2)c2c1CN(C(=O)C1CCCCC1)CC2. The minimum atomic E-state index is -0.416. The summed E-state index contributed by atoms with van der Waals surface area (Å²) < 4.78 is 7.07. The summed E-state index contributed by atoms with van der Waals surface area (Å²) in [5.74, 6) is -0.0569. The molecule has 1 aromatic carbocycles. The summed E-state index contributed by atoms with van der Waals surface area (Å²) >= 11 is 0. The fourth-order valence-electron chi connectivity index (χ4n) is 4.36. The molecule has 4 rings (SSSR count). The number of hydrogen-bond donors (Lipinski definition) is 0. The van der Waals surface area contributed by atoms with E-state index in [1.54, 1.807) is 6.92 Å². The summed E-state index contributed by atoms with van der Waals surface area (Å²) in [4.78, 5) is 27.5. The number of carbonyl (C=O) groups is 2. The van der Waals surface area contributed by atoms with Gasteiger partial charge in [0.1, 0.15) is 0 Å². The van der Waals surface area contributed by atoms with Gasteiger partial charge in [0.25, 0.3) is 0 Å². The van der Waals surface area contributed by atoms with E-state index >= 15 is 0 Å². The molecule has 0 N–H and O–H groups in total. The molecule has 2 aromatic rings. The standard InChI is InChI=1S/C22H27N3O3/c1-2-28-22(27)20-18-15-24(21(26)16-9-5-3-6-10-16)14-13-19(18)25(23-20)17-11-7-4-8-12-17/h4,7-8,11-12,16H,2-3,5-6,9-10,13-15H2,1H3. The molecule has 0 unspecified atom stereocenters. The molecular formula is C22H27N3O3. The Morgan fingerprint density at radius 3 is 2.61 bits per heavy atom. The lowest BCUT2D eigenvalue weighted by molar-refractivity contribution is -0.137. The second kappa shape index (κ2) is 8.17. The van der Waals surface area contributed by atoms with Gasteiger partial charge in [-0.3, -0.25) is 4.79 Å². The van der Waals surface area contributed by atoms with Gasteiger partial charge in [0.15, 0.2) is 5.69 Å². The molecule has 6 nitrogen and oxygen atoms in total. The Kier molecular flexibility index (Phi) is 5.46. The molecule has 1 aromatic heterocycles. The van der Waals surface area contributed by atoms with Crippen molar-refractivity contribution in [1.29, 1.82) is 0 Å². The van der Waals surface area contributed by atoms with Crippen LogP contribution in [-0.2, 0) is 22.5 Å². The molecule has 2 heterocycles. The first-order valence-electron chi connectivity index (χ1n) is 10.3. The Morgan fingerprint density at radius 1 is 1.14 bits per heavy atom. The van der Waals surface area contributed by atoms with Gasteiger partial charge in [0, 0.05) is 31.0 Å². The Hall–Kier alpha value is -2.63. The number of rotatable bonds is 4. The monoisotopic (exact) mass is 381 g/mol. The highest BCUT2D eigenvalue weighted by atomic mass is 16.5. The van der Waals surface area contributed by atoms with Crippen molar-refractivity contribution in [2.45, 2.75) is 52.0 Å². The highest BCUT2D eigenvalue weighted by Crippen LogP contribution is 2.30. The second-order valence-electron chi connectivity index (χ2n) is 7.59. The van der Waals surface area contributed by atoms with Gasteiger partial charge in [-0.25, -0.2) is 9.48 Å². The van der Waals surface area contributed by atoms with E-state index in [4.69, 9.17) is 4.74 Å². The van der Waals surface area contributed by atoms with E-state index in [2.05, 4.69) is 5.10 Å². The predicted octanol–water partition coefficient (Wildman–Crippen LogP) is 3.51. The van der Waals surface area contributed by atoms with Crippen LogP contribution in [0, 0.1) is 5.92 Å². The van der Waals surface area contributed by atoms with Crippen molar-refractivity contribution in [2.75, 3.05) is 13.2 Å². The fourth-order valence-corrected chi connectivity index (χ4v) is 4.36. The molecule has 0 atom stereocenters. The molecule has 6 heteroatoms. The van der Waals surface area contributed by atoms with Crippen molar-refractivity contribution in [2.24, 2.45) is 5.92 Å². The van der Waals surface area contributed by atoms with Crippen molar-refractivity contribution in [3.05, 3.63) is 47.3 Å². The van der Waals surface area contributed by atoms with Crippen molar-refractivity contribution in [3.8, 4) is 5.69 Å². The largest absolute Gasteiger partial charge is 0.461 e. The summed E-state index contributed by atoms with van der Waals surface area (Å²) in [6.07, 6.45) is 6.15. The number of aromatic nitrogens is 2. The number of para-hydroxylation sites is 1. The van der Waals surface area contributed by atoms with Crippen LogP contribution in [0.2, 0.25) is 0 Å². The van der Waals surface area contributed by atoms with Crippen LogP contribution in [-0.4, -0.2) is 39.7 Å². The number of benzene rings is 1. The normalized spacial score (nSPS) is 17.2. The van der Waals surface area contributed by atoms with Gasteiger partial charge in [-0.2, -0.15) is 5.10 Å². The summed E-state index contributed by atoms with van der Waals surface area (Å²) in [5, 5.41) is 4.59. The molecule has 0 spiro atoms. The molecule has 28 heavy (non-hydrogen) atoms. The topological polar surface area (TPSA) is 64.4 Å². The van der Waals surface area contributed by atoms with Gasteiger partial charge in [0.2, 0.25) is 5.91 Å². The molecule has 2 aliphatic rings. The second-order valence-corrected chi connectivity index (χ2v) is 7.59. The van der Waals surface area contributed by atoms with Gasteiger partial charge < -0.3 is 9.64 Å². The van der Waals surface area contributed by atoms with Crippen LogP contribution in [0.25, 0.3) is 5.69 Å². The zero-order valence-corrected chi connectivity index (χ0v) is 16.4. The van der Waals surface area contributed by atoms with E-state index in [-0.39, 0.29) is 11.8 Å². The van der Waals surface area contributed by atoms with E-state index in [9.17, 15) is 9.59 Å². The van der Waals surface area contributed by atoms with Gasteiger partial charge in [-0.1, -0.05) is 37.5 Å². The first-order chi connectivity index (χ1) is 13.7. The lowest BCUT2D eigenvalue weighted by atomic mass is 9.87. The quantitative estimate of drug-likeness (QED) is 0.760. The van der Waals surface area contributed by atoms with Crippen LogP contribution in [0.4, 0.5) is 0 Å². The molecule has 1 aliphatic heterocycles. The molecular weight excluding hydrogens is 354 g/mol. The van der Waals surface area contributed by atoms with Gasteiger partial charge in [0.05, 0.1) is 18.0 Å². The number of hydrogen-bond acceptors (Lipinski definition) is 4. The van der Waals surface area contributed by atoms with Gasteiger partial charge in [-0.05, 0) is 31.9 Å². The molecule has 0 radical (unpaired) electrons. The van der Waals surface area contributed by atoms with Crippen LogP contribution in [0.1, 0.15) is 60.8 Å². The van der Waals surface area contributed by atoms with Crippen molar-refractivity contribution >= 4 is 11.9 Å². The molecule has 0 bridgehead atoms. The third kappa shape index (κ3) is 3.55. The summed E-state index contributed by atoms with van der Waals surface area (Å²) in [7, 11) is 0. The summed E-state index contributed by atoms with van der Waals surface area (Å²) in [5.41, 5.74) is 3.09. The minimum Gasteiger partial charge on any atom is -0.461 e. The van der Waals surface area contributed by atoms with Crippen LogP contribution < -0.4 is 0 Å². The summed E-state index contributed by atoms with van der Waals surface area (Å²) in [6.45, 7) is 3.20.